The molecule has 3 nitrogen and oxygen atoms in total. The maximum Gasteiger partial charge on any atom is 0.140 e. The van der Waals surface area contributed by atoms with Crippen LogP contribution in [0.25, 0.3) is 0 Å². The zero-order chi connectivity index (χ0) is 15.4. The summed E-state index contributed by atoms with van der Waals surface area (Å²) in [5, 5.41) is 8.83. The topological polar surface area (TPSA) is 59.0 Å². The molecule has 0 amide bonds. The van der Waals surface area contributed by atoms with Gasteiger partial charge in [-0.15, -0.1) is 0 Å². The highest BCUT2D eigenvalue weighted by Gasteiger charge is 2.09. The summed E-state index contributed by atoms with van der Waals surface area (Å²) in [4.78, 5) is 0. The minimum absolute atomic E-state index is 0.0208. The van der Waals surface area contributed by atoms with Gasteiger partial charge in [-0.25, -0.2) is 4.39 Å². The van der Waals surface area contributed by atoms with E-state index in [0.29, 0.717) is 5.75 Å². The van der Waals surface area contributed by atoms with Crippen LogP contribution in [0.4, 0.5) is 4.39 Å². The van der Waals surface area contributed by atoms with Crippen molar-refractivity contribution in [3.05, 3.63) is 64.5 Å². The van der Waals surface area contributed by atoms with Crippen molar-refractivity contribution in [2.45, 2.75) is 26.5 Å². The summed E-state index contributed by atoms with van der Waals surface area (Å²) in [6.45, 7) is 4.15. The van der Waals surface area contributed by atoms with Gasteiger partial charge >= 0.3 is 0 Å². The fourth-order valence-electron chi connectivity index (χ4n) is 2.06. The molecule has 2 aromatic carbocycles. The van der Waals surface area contributed by atoms with Crippen LogP contribution in [0.1, 0.15) is 35.2 Å². The third kappa shape index (κ3) is 3.59. The predicted octanol–water partition coefficient (Wildman–Crippen LogP) is 3.60. The molecular weight excluding hydrogens is 267 g/mol. The molecular formula is C17H17FN2O. The Bertz CT molecular complexity index is 690. The average Bonchev–Trinajstić information content (AvgIpc) is 2.47. The van der Waals surface area contributed by atoms with Crippen LogP contribution in [0.15, 0.2) is 36.4 Å². The summed E-state index contributed by atoms with van der Waals surface area (Å²) in [6, 6.07) is 11.9. The Labute approximate surface area is 123 Å². The van der Waals surface area contributed by atoms with Crippen molar-refractivity contribution in [1.82, 2.24) is 0 Å². The van der Waals surface area contributed by atoms with Gasteiger partial charge in [0.05, 0.1) is 5.56 Å². The van der Waals surface area contributed by atoms with Gasteiger partial charge in [-0.1, -0.05) is 23.8 Å². The summed E-state index contributed by atoms with van der Waals surface area (Å²) in [7, 11) is 0. The molecule has 0 heterocycles. The largest absolute Gasteiger partial charge is 0.489 e. The molecule has 0 bridgehead atoms. The van der Waals surface area contributed by atoms with E-state index >= 15 is 0 Å². The number of aryl methyl sites for hydroxylation is 1. The van der Waals surface area contributed by atoms with E-state index in [1.165, 1.54) is 12.1 Å². The van der Waals surface area contributed by atoms with E-state index in [4.69, 9.17) is 15.7 Å². The minimum Gasteiger partial charge on any atom is -0.489 e. The van der Waals surface area contributed by atoms with Crippen LogP contribution in [0.3, 0.4) is 0 Å². The number of hydrogen-bond donors (Lipinski definition) is 1. The smallest absolute Gasteiger partial charge is 0.140 e. The second-order valence-corrected chi connectivity index (χ2v) is 5.04. The summed E-state index contributed by atoms with van der Waals surface area (Å²) in [6.07, 6.45) is 0. The highest BCUT2D eigenvalue weighted by Crippen LogP contribution is 2.26. The maximum atomic E-state index is 13.3. The van der Waals surface area contributed by atoms with Gasteiger partial charge in [0, 0.05) is 11.6 Å². The molecule has 2 aromatic rings. The fourth-order valence-corrected chi connectivity index (χ4v) is 2.06. The lowest BCUT2D eigenvalue weighted by molar-refractivity contribution is 0.301. The quantitative estimate of drug-likeness (QED) is 0.933. The molecule has 0 aliphatic carbocycles. The Balaban J connectivity index is 2.19. The number of hydrogen-bond acceptors (Lipinski definition) is 3. The molecule has 2 rings (SSSR count). The van der Waals surface area contributed by atoms with Crippen molar-refractivity contribution in [3.63, 3.8) is 0 Å². The third-order valence-corrected chi connectivity index (χ3v) is 3.20. The fraction of sp³-hybridized carbons (Fsp3) is 0.235. The van der Waals surface area contributed by atoms with Crippen molar-refractivity contribution in [3.8, 4) is 11.8 Å². The van der Waals surface area contributed by atoms with Crippen LogP contribution >= 0.6 is 0 Å². The van der Waals surface area contributed by atoms with Crippen molar-refractivity contribution < 1.29 is 9.13 Å². The molecule has 0 saturated carbocycles. The van der Waals surface area contributed by atoms with Crippen LogP contribution in [0, 0.1) is 24.1 Å². The van der Waals surface area contributed by atoms with E-state index in [1.807, 2.05) is 38.1 Å². The van der Waals surface area contributed by atoms with Crippen LogP contribution in [0.2, 0.25) is 0 Å². The predicted molar refractivity (Wildman–Crippen MR) is 79.2 cm³/mol. The summed E-state index contributed by atoms with van der Waals surface area (Å²) >= 11 is 0. The van der Waals surface area contributed by atoms with Crippen molar-refractivity contribution >= 4 is 0 Å². The molecule has 2 N–H and O–H groups in total. The van der Waals surface area contributed by atoms with Gasteiger partial charge in [0.25, 0.3) is 0 Å². The lowest BCUT2D eigenvalue weighted by Crippen LogP contribution is -2.08. The van der Waals surface area contributed by atoms with Crippen molar-refractivity contribution in [1.29, 1.82) is 5.26 Å². The van der Waals surface area contributed by atoms with Gasteiger partial charge in [-0.3, -0.25) is 0 Å². The Hall–Kier alpha value is -2.38. The number of halogens is 1. The zero-order valence-corrected chi connectivity index (χ0v) is 12.1. The summed E-state index contributed by atoms with van der Waals surface area (Å²) in [5.41, 5.74) is 8.75. The normalized spacial score (nSPS) is 11.8. The molecule has 4 heteroatoms. The van der Waals surface area contributed by atoms with Crippen molar-refractivity contribution in [2.24, 2.45) is 5.73 Å². The van der Waals surface area contributed by atoms with Gasteiger partial charge in [-0.2, -0.15) is 5.26 Å². The van der Waals surface area contributed by atoms with Gasteiger partial charge in [0.15, 0.2) is 0 Å². The van der Waals surface area contributed by atoms with E-state index < -0.39 is 5.82 Å². The first kappa shape index (κ1) is 15.0. The zero-order valence-electron chi connectivity index (χ0n) is 12.1. The van der Waals surface area contributed by atoms with Gasteiger partial charge < -0.3 is 10.5 Å². The number of nitrogens with zero attached hydrogens (tertiary/aromatic N) is 1. The lowest BCUT2D eigenvalue weighted by atomic mass is 10.1. The molecule has 0 radical (unpaired) electrons. The number of rotatable bonds is 4. The highest BCUT2D eigenvalue weighted by molar-refractivity contribution is 5.39. The van der Waals surface area contributed by atoms with E-state index in [0.717, 1.165) is 16.7 Å². The Morgan fingerprint density at radius 2 is 2.05 bits per heavy atom. The monoisotopic (exact) mass is 284 g/mol. The van der Waals surface area contributed by atoms with E-state index in [9.17, 15) is 4.39 Å². The first-order chi connectivity index (χ1) is 10.0. The first-order valence-corrected chi connectivity index (χ1v) is 6.68. The minimum atomic E-state index is -0.521. The number of nitrogens with two attached hydrogens (primary N) is 1. The molecule has 0 aliphatic rings. The number of nitriles is 1. The maximum absolute atomic E-state index is 13.3. The molecule has 108 valence electrons. The van der Waals surface area contributed by atoms with Gasteiger partial charge in [-0.05, 0) is 37.6 Å². The van der Waals surface area contributed by atoms with Gasteiger partial charge in [0.1, 0.15) is 24.2 Å². The first-order valence-electron chi connectivity index (χ1n) is 6.68. The molecule has 0 saturated heterocycles. The third-order valence-electron chi connectivity index (χ3n) is 3.20. The average molecular weight is 284 g/mol. The van der Waals surface area contributed by atoms with Crippen molar-refractivity contribution in [2.75, 3.05) is 0 Å². The van der Waals surface area contributed by atoms with Crippen LogP contribution in [-0.2, 0) is 6.61 Å². The summed E-state index contributed by atoms with van der Waals surface area (Å²) in [5.74, 6) is 0.186. The molecule has 21 heavy (non-hydrogen) atoms. The van der Waals surface area contributed by atoms with Crippen LogP contribution < -0.4 is 10.5 Å². The van der Waals surface area contributed by atoms with E-state index in [2.05, 4.69) is 0 Å². The molecule has 0 aromatic heterocycles. The lowest BCUT2D eigenvalue weighted by Gasteiger charge is -2.15. The standard InChI is InChI=1S/C17H17FN2O/c1-11-3-6-17(15(7-11)12(2)20)21-10-13-4-5-16(18)14(8-13)9-19/h3-8,12H,10,20H2,1-2H3. The molecule has 0 aliphatic heterocycles. The molecule has 1 unspecified atom stereocenters. The number of ether oxygens (including phenoxy) is 1. The molecule has 1 atom stereocenters. The second-order valence-electron chi connectivity index (χ2n) is 5.04. The number of benzene rings is 2. The summed E-state index contributed by atoms with van der Waals surface area (Å²) < 4.78 is 19.0. The van der Waals surface area contributed by atoms with Crippen LogP contribution in [-0.4, -0.2) is 0 Å². The SMILES string of the molecule is Cc1ccc(OCc2ccc(F)c(C#N)c2)c(C(C)N)c1. The van der Waals surface area contributed by atoms with E-state index in [1.54, 1.807) is 6.07 Å². The van der Waals surface area contributed by atoms with E-state index in [-0.39, 0.29) is 18.2 Å². The second kappa shape index (κ2) is 6.38. The van der Waals surface area contributed by atoms with Crippen LogP contribution in [0.5, 0.6) is 5.75 Å². The Morgan fingerprint density at radius 3 is 2.71 bits per heavy atom. The molecule has 0 fully saturated rings. The Kier molecular flexibility index (Phi) is 4.56. The molecule has 0 spiro atoms. The Morgan fingerprint density at radius 1 is 1.29 bits per heavy atom. The highest BCUT2D eigenvalue weighted by atomic mass is 19.1. The van der Waals surface area contributed by atoms with Gasteiger partial charge in [0.2, 0.25) is 0 Å².